The number of pyridine rings is 1. The highest BCUT2D eigenvalue weighted by molar-refractivity contribution is 7.93. The second-order valence-electron chi connectivity index (χ2n) is 13.3. The highest BCUT2D eigenvalue weighted by atomic mass is 32.2. The first kappa shape index (κ1) is 31.7. The Kier molecular flexibility index (Phi) is 8.62. The summed E-state index contributed by atoms with van der Waals surface area (Å²) >= 11 is 0. The number of hydrogen-bond donors (Lipinski definition) is 1. The number of benzene rings is 2. The fourth-order valence-corrected chi connectivity index (χ4v) is 7.89. The predicted molar refractivity (Wildman–Crippen MR) is 180 cm³/mol. The number of nitrogens with zero attached hydrogens (tertiary/aromatic N) is 3. The third-order valence-corrected chi connectivity index (χ3v) is 10.7. The van der Waals surface area contributed by atoms with Crippen LogP contribution in [0.15, 0.2) is 65.7 Å². The third kappa shape index (κ3) is 6.79. The smallest absolute Gasteiger partial charge is 0.410 e. The fraction of sp³-hybridized carbons (Fsp3) is 0.429. The van der Waals surface area contributed by atoms with Crippen LogP contribution in [-0.4, -0.2) is 60.0 Å². The van der Waals surface area contributed by atoms with Crippen LogP contribution in [0, 0.1) is 5.92 Å². The molecule has 0 radical (unpaired) electrons. The van der Waals surface area contributed by atoms with Crippen LogP contribution in [-0.2, 0) is 28.2 Å². The summed E-state index contributed by atoms with van der Waals surface area (Å²) in [6, 6.07) is 15.3. The van der Waals surface area contributed by atoms with Crippen molar-refractivity contribution in [2.45, 2.75) is 58.5 Å². The largest absolute Gasteiger partial charge is 0.457 e. The molecule has 4 aromatic rings. The lowest BCUT2D eigenvalue weighted by Gasteiger charge is -2.33. The number of amides is 1. The maximum absolute atomic E-state index is 12.8. The van der Waals surface area contributed by atoms with Gasteiger partial charge in [0.2, 0.25) is 10.0 Å². The van der Waals surface area contributed by atoms with Crippen molar-refractivity contribution in [2.24, 2.45) is 13.0 Å². The normalized spacial score (nSPS) is 17.0. The molecule has 46 heavy (non-hydrogen) atoms. The minimum Gasteiger partial charge on any atom is -0.457 e. The van der Waals surface area contributed by atoms with Crippen molar-refractivity contribution in [3.05, 3.63) is 76.8 Å². The van der Waals surface area contributed by atoms with Gasteiger partial charge >= 0.3 is 6.09 Å². The molecule has 244 valence electrons. The third-order valence-electron chi connectivity index (χ3n) is 8.79. The first-order valence-corrected chi connectivity index (χ1v) is 17.6. The molecule has 1 N–H and O–H groups in total. The highest BCUT2D eigenvalue weighted by Gasteiger charge is 2.30. The van der Waals surface area contributed by atoms with Crippen LogP contribution in [0.1, 0.15) is 52.0 Å². The summed E-state index contributed by atoms with van der Waals surface area (Å²) in [5.74, 6) is 1.90. The minimum atomic E-state index is -3.38. The lowest BCUT2D eigenvalue weighted by atomic mass is 9.90. The Morgan fingerprint density at radius 2 is 1.74 bits per heavy atom. The Hall–Kier alpha value is -4.25. The van der Waals surface area contributed by atoms with Gasteiger partial charge in [-0.1, -0.05) is 12.1 Å². The standard InChI is InChI=1S/C35H42N4O6S/c1-35(2,3)45-34(41)38-19-15-25(16-20-38)7-6-24-8-11-27(12-9-24)44-31-13-10-26(39-18-5-21-46(39,42)43)22-29(31)30-23-37(4)33(40)32-28(30)14-17-36-32/h8-14,17,22-23,25,36H,5-7,15-16,18-21H2,1-4H3. The zero-order valence-electron chi connectivity index (χ0n) is 26.9. The van der Waals surface area contributed by atoms with Crippen LogP contribution in [0.25, 0.3) is 22.0 Å². The number of likely N-dealkylation sites (tertiary alicyclic amines) is 1. The van der Waals surface area contributed by atoms with Crippen LogP contribution in [0.5, 0.6) is 11.5 Å². The Labute approximate surface area is 270 Å². The number of aromatic amines is 1. The van der Waals surface area contributed by atoms with E-state index < -0.39 is 15.6 Å². The molecule has 4 heterocycles. The summed E-state index contributed by atoms with van der Waals surface area (Å²) < 4.78 is 40.4. The second kappa shape index (κ2) is 12.5. The van der Waals surface area contributed by atoms with Gasteiger partial charge in [-0.25, -0.2) is 13.2 Å². The zero-order chi connectivity index (χ0) is 32.6. The Bertz CT molecular complexity index is 1900. The highest BCUT2D eigenvalue weighted by Crippen LogP contribution is 2.40. The summed E-state index contributed by atoms with van der Waals surface area (Å²) in [6.45, 7) is 7.55. The van der Waals surface area contributed by atoms with Crippen LogP contribution in [0.4, 0.5) is 10.5 Å². The van der Waals surface area contributed by atoms with Crippen molar-refractivity contribution in [1.29, 1.82) is 0 Å². The molecule has 6 rings (SSSR count). The van der Waals surface area contributed by atoms with E-state index in [1.54, 1.807) is 31.6 Å². The number of hydrogen-bond acceptors (Lipinski definition) is 6. The maximum atomic E-state index is 12.8. The zero-order valence-corrected chi connectivity index (χ0v) is 27.7. The first-order valence-electron chi connectivity index (χ1n) is 15.9. The summed E-state index contributed by atoms with van der Waals surface area (Å²) in [7, 11) is -1.68. The maximum Gasteiger partial charge on any atom is 0.410 e. The van der Waals surface area contributed by atoms with E-state index in [1.165, 1.54) is 14.4 Å². The molecule has 2 saturated heterocycles. The number of rotatable bonds is 7. The second-order valence-corrected chi connectivity index (χ2v) is 15.4. The van der Waals surface area contributed by atoms with Gasteiger partial charge < -0.3 is 23.9 Å². The summed E-state index contributed by atoms with van der Waals surface area (Å²) in [5.41, 5.74) is 3.09. The van der Waals surface area contributed by atoms with E-state index in [2.05, 4.69) is 17.1 Å². The number of carbonyl (C=O) groups excluding carboxylic acids is 1. The molecular formula is C35H42N4O6S. The van der Waals surface area contributed by atoms with E-state index in [9.17, 15) is 18.0 Å². The van der Waals surface area contributed by atoms with Crippen molar-refractivity contribution >= 4 is 32.7 Å². The monoisotopic (exact) mass is 646 g/mol. The van der Waals surface area contributed by atoms with Gasteiger partial charge in [0.25, 0.3) is 5.56 Å². The topological polar surface area (TPSA) is 114 Å². The molecule has 0 saturated carbocycles. The minimum absolute atomic E-state index is 0.125. The van der Waals surface area contributed by atoms with Crippen LogP contribution in [0.3, 0.4) is 0 Å². The number of H-pyrrole nitrogens is 1. The summed E-state index contributed by atoms with van der Waals surface area (Å²) in [6.07, 6.45) is 7.77. The molecule has 11 heteroatoms. The lowest BCUT2D eigenvalue weighted by Crippen LogP contribution is -2.41. The Morgan fingerprint density at radius 1 is 1.00 bits per heavy atom. The van der Waals surface area contributed by atoms with E-state index in [4.69, 9.17) is 9.47 Å². The van der Waals surface area contributed by atoms with Crippen molar-refractivity contribution in [3.8, 4) is 22.6 Å². The van der Waals surface area contributed by atoms with E-state index in [0.29, 0.717) is 47.2 Å². The number of anilines is 1. The van der Waals surface area contributed by atoms with Crippen LogP contribution in [0.2, 0.25) is 0 Å². The molecule has 1 amide bonds. The van der Waals surface area contributed by atoms with Gasteiger partial charge in [0.05, 0.1) is 11.4 Å². The van der Waals surface area contributed by atoms with Crippen molar-refractivity contribution in [1.82, 2.24) is 14.5 Å². The molecule has 0 atom stereocenters. The van der Waals surface area contributed by atoms with Crippen LogP contribution >= 0.6 is 0 Å². The molecule has 0 bridgehead atoms. The first-order chi connectivity index (χ1) is 21.9. The van der Waals surface area contributed by atoms with E-state index in [-0.39, 0.29) is 17.4 Å². The molecule has 2 fully saturated rings. The number of fused-ring (bicyclic) bond motifs is 1. The van der Waals surface area contributed by atoms with Gasteiger partial charge in [0.1, 0.15) is 22.6 Å². The van der Waals surface area contributed by atoms with Gasteiger partial charge in [-0.15, -0.1) is 0 Å². The molecule has 2 aliphatic rings. The number of nitrogens with one attached hydrogen (secondary N) is 1. The van der Waals surface area contributed by atoms with E-state index >= 15 is 0 Å². The molecule has 0 spiro atoms. The number of ether oxygens (including phenoxy) is 2. The molecule has 0 unspecified atom stereocenters. The van der Waals surface area contributed by atoms with Crippen molar-refractivity contribution in [2.75, 3.05) is 29.7 Å². The number of carbonyl (C=O) groups is 1. The van der Waals surface area contributed by atoms with Gasteiger partial charge in [0.15, 0.2) is 0 Å². The average Bonchev–Trinajstić information content (AvgIpc) is 3.65. The summed E-state index contributed by atoms with van der Waals surface area (Å²) in [4.78, 5) is 30.0. The molecule has 2 aromatic carbocycles. The summed E-state index contributed by atoms with van der Waals surface area (Å²) in [5, 5.41) is 0.738. The van der Waals surface area contributed by atoms with Crippen molar-refractivity contribution < 1.29 is 22.7 Å². The van der Waals surface area contributed by atoms with E-state index in [0.717, 1.165) is 49.7 Å². The predicted octanol–water partition coefficient (Wildman–Crippen LogP) is 6.45. The SMILES string of the molecule is Cn1cc(-c2cc(N3CCCS3(=O)=O)ccc2Oc2ccc(CCC3CCN(C(=O)OC(C)(C)C)CC3)cc2)c2cc[nH]c2c1=O. The number of aryl methyl sites for hydroxylation is 2. The van der Waals surface area contributed by atoms with Gasteiger partial charge in [0, 0.05) is 55.6 Å². The molecule has 10 nitrogen and oxygen atoms in total. The Balaban J connectivity index is 1.18. The average molecular weight is 647 g/mol. The lowest BCUT2D eigenvalue weighted by molar-refractivity contribution is 0.0181. The Morgan fingerprint density at radius 3 is 2.41 bits per heavy atom. The molecule has 2 aliphatic heterocycles. The molecular weight excluding hydrogens is 604 g/mol. The number of sulfonamides is 1. The van der Waals surface area contributed by atoms with Gasteiger partial charge in [-0.3, -0.25) is 9.10 Å². The number of piperidine rings is 1. The van der Waals surface area contributed by atoms with Gasteiger partial charge in [-0.05, 0) is 101 Å². The molecule has 2 aromatic heterocycles. The van der Waals surface area contributed by atoms with Crippen LogP contribution < -0.4 is 14.6 Å². The van der Waals surface area contributed by atoms with Crippen molar-refractivity contribution in [3.63, 3.8) is 0 Å². The fourth-order valence-electron chi connectivity index (χ4n) is 6.34. The number of aromatic nitrogens is 2. The van der Waals surface area contributed by atoms with E-state index in [1.807, 2.05) is 49.9 Å². The quantitative estimate of drug-likeness (QED) is 0.247. The molecule has 0 aliphatic carbocycles. The van der Waals surface area contributed by atoms with Gasteiger partial charge in [-0.2, -0.15) is 0 Å².